The number of hydrogen-bond acceptors (Lipinski definition) is 3. The van der Waals surface area contributed by atoms with Crippen LogP contribution in [0.5, 0.6) is 0 Å². The van der Waals surface area contributed by atoms with Crippen LogP contribution in [0, 0.1) is 5.92 Å². The Hall–Kier alpha value is -1.36. The number of carbonyl (C=O) groups is 1. The summed E-state index contributed by atoms with van der Waals surface area (Å²) < 4.78 is 1.85. The molecule has 2 heterocycles. The molecule has 19 heavy (non-hydrogen) atoms. The average molecular weight is 264 g/mol. The second-order valence-electron chi connectivity index (χ2n) is 6.31. The molecule has 2 rings (SSSR count). The molecule has 1 amide bonds. The number of likely N-dealkylation sites (tertiary alicyclic amines) is 1. The maximum atomic E-state index is 12.4. The van der Waals surface area contributed by atoms with Crippen molar-refractivity contribution in [2.45, 2.75) is 32.7 Å². The molecular weight excluding hydrogens is 240 g/mol. The Kier molecular flexibility index (Phi) is 3.94. The lowest BCUT2D eigenvalue weighted by Crippen LogP contribution is -2.30. The zero-order chi connectivity index (χ0) is 14.0. The molecular formula is C14H24N4O. The predicted octanol–water partition coefficient (Wildman–Crippen LogP) is 1.32. The lowest BCUT2D eigenvalue weighted by atomic mass is 10.1. The van der Waals surface area contributed by atoms with Crippen LogP contribution in [-0.2, 0) is 5.54 Å². The Balaban J connectivity index is 2.03. The first-order chi connectivity index (χ1) is 8.91. The summed E-state index contributed by atoms with van der Waals surface area (Å²) in [5.74, 6) is 0.681. The van der Waals surface area contributed by atoms with E-state index in [1.54, 1.807) is 6.20 Å². The third-order valence-electron chi connectivity index (χ3n) is 3.58. The molecule has 1 aromatic heterocycles. The molecule has 1 aliphatic rings. The van der Waals surface area contributed by atoms with E-state index >= 15 is 0 Å². The monoisotopic (exact) mass is 264 g/mol. The highest BCUT2D eigenvalue weighted by Gasteiger charge is 2.27. The van der Waals surface area contributed by atoms with E-state index in [0.717, 1.165) is 26.1 Å². The summed E-state index contributed by atoms with van der Waals surface area (Å²) in [6.45, 7) is 8.91. The van der Waals surface area contributed by atoms with E-state index < -0.39 is 0 Å². The van der Waals surface area contributed by atoms with Crippen molar-refractivity contribution >= 4 is 5.91 Å². The SMILES string of the molecule is CNCC1CCN(C(=O)c2cnn(C(C)(C)C)c2)C1. The van der Waals surface area contributed by atoms with E-state index in [-0.39, 0.29) is 11.4 Å². The van der Waals surface area contributed by atoms with Crippen molar-refractivity contribution in [3.63, 3.8) is 0 Å². The molecule has 1 atom stereocenters. The van der Waals surface area contributed by atoms with Crippen molar-refractivity contribution < 1.29 is 4.79 Å². The Morgan fingerprint density at radius 2 is 2.26 bits per heavy atom. The summed E-state index contributed by atoms with van der Waals surface area (Å²) >= 11 is 0. The molecule has 0 radical (unpaired) electrons. The van der Waals surface area contributed by atoms with E-state index in [2.05, 4.69) is 31.2 Å². The maximum absolute atomic E-state index is 12.4. The van der Waals surface area contributed by atoms with Gasteiger partial charge < -0.3 is 10.2 Å². The van der Waals surface area contributed by atoms with Gasteiger partial charge in [0.15, 0.2) is 0 Å². The molecule has 0 saturated carbocycles. The van der Waals surface area contributed by atoms with Crippen LogP contribution in [0.15, 0.2) is 12.4 Å². The van der Waals surface area contributed by atoms with Gasteiger partial charge in [-0.1, -0.05) is 0 Å². The molecule has 1 unspecified atom stereocenters. The maximum Gasteiger partial charge on any atom is 0.257 e. The molecule has 1 saturated heterocycles. The minimum absolute atomic E-state index is 0.0851. The fourth-order valence-corrected chi connectivity index (χ4v) is 2.46. The van der Waals surface area contributed by atoms with Crippen LogP contribution in [0.1, 0.15) is 37.6 Å². The normalized spacial score (nSPS) is 20.0. The first-order valence-electron chi connectivity index (χ1n) is 6.91. The predicted molar refractivity (Wildman–Crippen MR) is 75.2 cm³/mol. The summed E-state index contributed by atoms with van der Waals surface area (Å²) in [5, 5.41) is 7.47. The molecule has 5 heteroatoms. The van der Waals surface area contributed by atoms with Gasteiger partial charge in [0, 0.05) is 19.3 Å². The van der Waals surface area contributed by atoms with Crippen molar-refractivity contribution in [2.75, 3.05) is 26.7 Å². The minimum Gasteiger partial charge on any atom is -0.338 e. The zero-order valence-corrected chi connectivity index (χ0v) is 12.3. The number of rotatable bonds is 3. The lowest BCUT2D eigenvalue weighted by Gasteiger charge is -2.19. The Morgan fingerprint density at radius 1 is 1.53 bits per heavy atom. The number of nitrogens with one attached hydrogen (secondary N) is 1. The van der Waals surface area contributed by atoms with Gasteiger partial charge >= 0.3 is 0 Å². The van der Waals surface area contributed by atoms with Crippen LogP contribution >= 0.6 is 0 Å². The fourth-order valence-electron chi connectivity index (χ4n) is 2.46. The molecule has 0 spiro atoms. The van der Waals surface area contributed by atoms with Gasteiger partial charge in [-0.05, 0) is 46.7 Å². The molecule has 1 aromatic rings. The van der Waals surface area contributed by atoms with Crippen LogP contribution in [-0.4, -0.2) is 47.3 Å². The number of aromatic nitrogens is 2. The van der Waals surface area contributed by atoms with E-state index in [1.807, 2.05) is 22.8 Å². The summed E-state index contributed by atoms with van der Waals surface area (Å²) in [5.41, 5.74) is 0.609. The molecule has 1 fully saturated rings. The van der Waals surface area contributed by atoms with Gasteiger partial charge in [0.05, 0.1) is 17.3 Å². The molecule has 1 N–H and O–H groups in total. The summed E-state index contributed by atoms with van der Waals surface area (Å²) in [4.78, 5) is 14.3. The molecule has 0 bridgehead atoms. The quantitative estimate of drug-likeness (QED) is 0.896. The van der Waals surface area contributed by atoms with Gasteiger partial charge in [0.1, 0.15) is 0 Å². The van der Waals surface area contributed by atoms with E-state index in [4.69, 9.17) is 0 Å². The molecule has 0 aromatic carbocycles. The van der Waals surface area contributed by atoms with Crippen LogP contribution < -0.4 is 5.32 Å². The van der Waals surface area contributed by atoms with Gasteiger partial charge in [0.2, 0.25) is 0 Å². The second kappa shape index (κ2) is 5.33. The Labute approximate surface area is 115 Å². The summed E-state index contributed by atoms with van der Waals surface area (Å²) in [6, 6.07) is 0. The lowest BCUT2D eigenvalue weighted by molar-refractivity contribution is 0.0787. The standard InChI is InChI=1S/C14H24N4O/c1-14(2,3)18-10-12(8-16-18)13(19)17-6-5-11(9-17)7-15-4/h8,10-11,15H,5-7,9H2,1-4H3. The fraction of sp³-hybridized carbons (Fsp3) is 0.714. The Bertz CT molecular complexity index is 447. The first kappa shape index (κ1) is 14.1. The number of carbonyl (C=O) groups excluding carboxylic acids is 1. The largest absolute Gasteiger partial charge is 0.338 e. The van der Waals surface area contributed by atoms with Crippen LogP contribution in [0.3, 0.4) is 0 Å². The summed E-state index contributed by atoms with van der Waals surface area (Å²) in [7, 11) is 1.96. The number of nitrogens with zero attached hydrogens (tertiary/aromatic N) is 3. The van der Waals surface area contributed by atoms with Crippen molar-refractivity contribution in [3.05, 3.63) is 18.0 Å². The highest BCUT2D eigenvalue weighted by atomic mass is 16.2. The van der Waals surface area contributed by atoms with E-state index in [1.165, 1.54) is 0 Å². The van der Waals surface area contributed by atoms with Gasteiger partial charge in [-0.2, -0.15) is 5.10 Å². The molecule has 5 nitrogen and oxygen atoms in total. The third kappa shape index (κ3) is 3.15. The van der Waals surface area contributed by atoms with Crippen molar-refractivity contribution in [1.82, 2.24) is 20.0 Å². The Morgan fingerprint density at radius 3 is 2.84 bits per heavy atom. The van der Waals surface area contributed by atoms with E-state index in [9.17, 15) is 4.79 Å². The minimum atomic E-state index is -0.0851. The van der Waals surface area contributed by atoms with Crippen molar-refractivity contribution in [3.8, 4) is 0 Å². The van der Waals surface area contributed by atoms with Crippen molar-refractivity contribution in [1.29, 1.82) is 0 Å². The average Bonchev–Trinajstić information content (AvgIpc) is 2.96. The second-order valence-corrected chi connectivity index (χ2v) is 6.31. The van der Waals surface area contributed by atoms with Crippen LogP contribution in [0.25, 0.3) is 0 Å². The van der Waals surface area contributed by atoms with Gasteiger partial charge in [-0.3, -0.25) is 9.48 Å². The molecule has 0 aliphatic carbocycles. The zero-order valence-electron chi connectivity index (χ0n) is 12.3. The highest BCUT2D eigenvalue weighted by Crippen LogP contribution is 2.19. The van der Waals surface area contributed by atoms with Gasteiger partial charge in [-0.25, -0.2) is 0 Å². The van der Waals surface area contributed by atoms with Gasteiger partial charge in [0.25, 0.3) is 5.91 Å². The third-order valence-corrected chi connectivity index (χ3v) is 3.58. The number of amides is 1. The molecule has 1 aliphatic heterocycles. The van der Waals surface area contributed by atoms with Crippen LogP contribution in [0.2, 0.25) is 0 Å². The number of hydrogen-bond donors (Lipinski definition) is 1. The van der Waals surface area contributed by atoms with Crippen molar-refractivity contribution in [2.24, 2.45) is 5.92 Å². The smallest absolute Gasteiger partial charge is 0.257 e. The topological polar surface area (TPSA) is 50.2 Å². The van der Waals surface area contributed by atoms with Gasteiger partial charge in [-0.15, -0.1) is 0 Å². The van der Waals surface area contributed by atoms with E-state index in [0.29, 0.717) is 11.5 Å². The summed E-state index contributed by atoms with van der Waals surface area (Å²) in [6.07, 6.45) is 4.62. The molecule has 106 valence electrons. The highest BCUT2D eigenvalue weighted by molar-refractivity contribution is 5.93. The first-order valence-corrected chi connectivity index (χ1v) is 6.91. The van der Waals surface area contributed by atoms with Crippen LogP contribution in [0.4, 0.5) is 0 Å².